The summed E-state index contributed by atoms with van der Waals surface area (Å²) in [5, 5.41) is 8.55. The first kappa shape index (κ1) is 17.1. The van der Waals surface area contributed by atoms with Gasteiger partial charge in [0, 0.05) is 11.0 Å². The normalized spacial score (nSPS) is 11.6. The molecule has 0 aliphatic heterocycles. The van der Waals surface area contributed by atoms with Crippen LogP contribution in [0.15, 0.2) is 33.6 Å². The van der Waals surface area contributed by atoms with Crippen LogP contribution in [0.4, 0.5) is 0 Å². The number of hydrogen-bond donors (Lipinski definition) is 2. The Kier molecular flexibility index (Phi) is 6.60. The van der Waals surface area contributed by atoms with Crippen molar-refractivity contribution in [1.29, 1.82) is 0 Å². The maximum Gasteiger partial charge on any atom is 0.258 e. The first-order chi connectivity index (χ1) is 9.41. The molecule has 112 valence electrons. The minimum atomic E-state index is -3.75. The second-order valence-electron chi connectivity index (χ2n) is 4.18. The Morgan fingerprint density at radius 1 is 1.35 bits per heavy atom. The molecule has 0 aliphatic rings. The molecule has 0 spiro atoms. The Labute approximate surface area is 126 Å². The van der Waals surface area contributed by atoms with Crippen molar-refractivity contribution in [2.75, 3.05) is 13.1 Å². The molecule has 0 aromatic heterocycles. The van der Waals surface area contributed by atoms with Crippen molar-refractivity contribution in [3.05, 3.63) is 28.7 Å². The third-order valence-electron chi connectivity index (χ3n) is 2.66. The van der Waals surface area contributed by atoms with E-state index in [1.807, 2.05) is 6.92 Å². The van der Waals surface area contributed by atoms with Crippen molar-refractivity contribution >= 4 is 31.9 Å². The van der Waals surface area contributed by atoms with Gasteiger partial charge >= 0.3 is 0 Å². The van der Waals surface area contributed by atoms with Crippen LogP contribution in [0.2, 0.25) is 0 Å². The van der Waals surface area contributed by atoms with Crippen LogP contribution >= 0.6 is 15.9 Å². The lowest BCUT2D eigenvalue weighted by molar-refractivity contribution is -0.129. The Morgan fingerprint density at radius 2 is 1.95 bits per heavy atom. The number of hydrogen-bond acceptors (Lipinski definition) is 4. The molecule has 0 radical (unpaired) electrons. The van der Waals surface area contributed by atoms with E-state index in [4.69, 9.17) is 5.21 Å². The van der Waals surface area contributed by atoms with Gasteiger partial charge in [-0.25, -0.2) is 13.9 Å². The van der Waals surface area contributed by atoms with Crippen LogP contribution in [0, 0.1) is 0 Å². The van der Waals surface area contributed by atoms with Gasteiger partial charge < -0.3 is 0 Å². The fourth-order valence-corrected chi connectivity index (χ4v) is 3.27. The number of carbonyl (C=O) groups is 1. The number of sulfonamides is 1. The van der Waals surface area contributed by atoms with Crippen LogP contribution in [0.5, 0.6) is 0 Å². The van der Waals surface area contributed by atoms with Crippen LogP contribution < -0.4 is 5.48 Å². The smallest absolute Gasteiger partial charge is 0.258 e. The van der Waals surface area contributed by atoms with E-state index < -0.39 is 22.5 Å². The van der Waals surface area contributed by atoms with Gasteiger partial charge in [-0.2, -0.15) is 4.31 Å². The monoisotopic (exact) mass is 364 g/mol. The van der Waals surface area contributed by atoms with E-state index in [-0.39, 0.29) is 11.4 Å². The molecular formula is C12H17BrN2O4S. The quantitative estimate of drug-likeness (QED) is 0.569. The van der Waals surface area contributed by atoms with E-state index in [9.17, 15) is 13.2 Å². The second kappa shape index (κ2) is 7.72. The average Bonchev–Trinajstić information content (AvgIpc) is 2.43. The van der Waals surface area contributed by atoms with Gasteiger partial charge in [0.15, 0.2) is 0 Å². The predicted octanol–water partition coefficient (Wildman–Crippen LogP) is 1.75. The third-order valence-corrected chi connectivity index (χ3v) is 5.05. The zero-order valence-corrected chi connectivity index (χ0v) is 13.4. The average molecular weight is 365 g/mol. The summed E-state index contributed by atoms with van der Waals surface area (Å²) in [6.07, 6.45) is 1.43. The first-order valence-corrected chi connectivity index (χ1v) is 8.33. The van der Waals surface area contributed by atoms with Crippen LogP contribution in [0.1, 0.15) is 19.8 Å². The number of nitrogens with one attached hydrogen (secondary N) is 1. The highest BCUT2D eigenvalue weighted by Crippen LogP contribution is 2.19. The predicted molar refractivity (Wildman–Crippen MR) is 77.7 cm³/mol. The molecule has 0 bridgehead atoms. The number of unbranched alkanes of at least 4 members (excludes halogenated alkanes) is 1. The van der Waals surface area contributed by atoms with E-state index >= 15 is 0 Å². The molecule has 1 rings (SSSR count). The van der Waals surface area contributed by atoms with E-state index in [0.29, 0.717) is 6.42 Å². The van der Waals surface area contributed by atoms with Gasteiger partial charge in [-0.3, -0.25) is 10.0 Å². The third kappa shape index (κ3) is 4.55. The highest BCUT2D eigenvalue weighted by molar-refractivity contribution is 9.10. The molecule has 2 N–H and O–H groups in total. The summed E-state index contributed by atoms with van der Waals surface area (Å²) in [5.41, 5.74) is 1.45. The number of hydroxylamine groups is 1. The zero-order valence-electron chi connectivity index (χ0n) is 11.0. The molecule has 1 amide bonds. The summed E-state index contributed by atoms with van der Waals surface area (Å²) in [6.45, 7) is 1.74. The highest BCUT2D eigenvalue weighted by atomic mass is 79.9. The molecule has 6 nitrogen and oxygen atoms in total. The Balaban J connectivity index is 3.03. The second-order valence-corrected chi connectivity index (χ2v) is 7.03. The minimum absolute atomic E-state index is 0.113. The molecule has 0 heterocycles. The summed E-state index contributed by atoms with van der Waals surface area (Å²) in [6, 6.07) is 6.18. The lowest BCUT2D eigenvalue weighted by Gasteiger charge is -2.21. The van der Waals surface area contributed by atoms with E-state index in [2.05, 4.69) is 15.9 Å². The molecule has 20 heavy (non-hydrogen) atoms. The Hall–Kier alpha value is -0.960. The lowest BCUT2D eigenvalue weighted by atomic mass is 10.3. The molecule has 0 unspecified atom stereocenters. The molecule has 1 aromatic carbocycles. The van der Waals surface area contributed by atoms with E-state index in [0.717, 1.165) is 15.2 Å². The molecule has 1 aromatic rings. The molecule has 0 saturated heterocycles. The number of nitrogens with zero attached hydrogens (tertiary/aromatic N) is 1. The largest absolute Gasteiger partial charge is 0.289 e. The van der Waals surface area contributed by atoms with Gasteiger partial charge in [-0.05, 0) is 30.7 Å². The van der Waals surface area contributed by atoms with Crippen molar-refractivity contribution in [1.82, 2.24) is 9.79 Å². The van der Waals surface area contributed by atoms with Crippen LogP contribution in [0.3, 0.4) is 0 Å². The minimum Gasteiger partial charge on any atom is -0.289 e. The standard InChI is InChI=1S/C12H17BrN2O4S/c1-2-3-8-15(9-12(16)14-17)20(18,19)11-6-4-10(13)5-7-11/h4-7,17H,2-3,8-9H2,1H3,(H,14,16). The van der Waals surface area contributed by atoms with Crippen molar-refractivity contribution in [3.8, 4) is 0 Å². The SMILES string of the molecule is CCCCN(CC(=O)NO)S(=O)(=O)c1ccc(Br)cc1. The van der Waals surface area contributed by atoms with Crippen molar-refractivity contribution in [2.24, 2.45) is 0 Å². The number of carbonyl (C=O) groups excluding carboxylic acids is 1. The Bertz CT molecular complexity index is 545. The molecule has 8 heteroatoms. The van der Waals surface area contributed by atoms with Gasteiger partial charge in [-0.1, -0.05) is 29.3 Å². The molecular weight excluding hydrogens is 348 g/mol. The van der Waals surface area contributed by atoms with Crippen molar-refractivity contribution in [2.45, 2.75) is 24.7 Å². The number of halogens is 1. The summed E-state index contributed by atoms with van der Waals surface area (Å²) < 4.78 is 26.7. The Morgan fingerprint density at radius 3 is 2.45 bits per heavy atom. The number of benzene rings is 1. The van der Waals surface area contributed by atoms with Crippen molar-refractivity contribution in [3.63, 3.8) is 0 Å². The van der Waals surface area contributed by atoms with Gasteiger partial charge in [0.25, 0.3) is 5.91 Å². The summed E-state index contributed by atoms with van der Waals surface area (Å²) in [4.78, 5) is 11.4. The number of rotatable bonds is 7. The van der Waals surface area contributed by atoms with Gasteiger partial charge in [-0.15, -0.1) is 0 Å². The first-order valence-electron chi connectivity index (χ1n) is 6.10. The number of amides is 1. The molecule has 0 saturated carbocycles. The summed E-state index contributed by atoms with van der Waals surface area (Å²) in [5.74, 6) is -0.762. The molecule has 0 atom stereocenters. The van der Waals surface area contributed by atoms with Crippen LogP contribution in [-0.4, -0.2) is 36.9 Å². The fraction of sp³-hybridized carbons (Fsp3) is 0.417. The summed E-state index contributed by atoms with van der Waals surface area (Å²) in [7, 11) is -3.75. The summed E-state index contributed by atoms with van der Waals surface area (Å²) >= 11 is 3.24. The van der Waals surface area contributed by atoms with Crippen LogP contribution in [0.25, 0.3) is 0 Å². The molecule has 0 aliphatic carbocycles. The van der Waals surface area contributed by atoms with Gasteiger partial charge in [0.05, 0.1) is 11.4 Å². The lowest BCUT2D eigenvalue weighted by Crippen LogP contribution is -2.40. The fourth-order valence-electron chi connectivity index (χ4n) is 1.57. The highest BCUT2D eigenvalue weighted by Gasteiger charge is 2.25. The van der Waals surface area contributed by atoms with E-state index in [1.165, 1.54) is 17.6 Å². The topological polar surface area (TPSA) is 86.7 Å². The molecule has 0 fully saturated rings. The zero-order chi connectivity index (χ0) is 15.2. The maximum absolute atomic E-state index is 12.4. The van der Waals surface area contributed by atoms with E-state index in [1.54, 1.807) is 12.1 Å². The van der Waals surface area contributed by atoms with Crippen molar-refractivity contribution < 1.29 is 18.4 Å². The van der Waals surface area contributed by atoms with Gasteiger partial charge in [0.1, 0.15) is 0 Å². The van der Waals surface area contributed by atoms with Gasteiger partial charge in [0.2, 0.25) is 10.0 Å². The van der Waals surface area contributed by atoms with Crippen LogP contribution in [-0.2, 0) is 14.8 Å². The maximum atomic E-state index is 12.4.